The van der Waals surface area contributed by atoms with E-state index in [1.54, 1.807) is 20.1 Å². The highest BCUT2D eigenvalue weighted by Gasteiger charge is 2.05. The van der Waals surface area contributed by atoms with Crippen molar-refractivity contribution in [1.29, 1.82) is 0 Å². The van der Waals surface area contributed by atoms with E-state index in [2.05, 4.69) is 5.32 Å². The fourth-order valence-electron chi connectivity index (χ4n) is 1.98. The molecule has 2 aromatic rings. The van der Waals surface area contributed by atoms with Crippen molar-refractivity contribution in [1.82, 2.24) is 5.32 Å². The van der Waals surface area contributed by atoms with E-state index in [1.165, 1.54) is 6.07 Å². The van der Waals surface area contributed by atoms with Crippen LogP contribution in [0.2, 0.25) is 0 Å². The molecular weight excluding hydrogens is 269 g/mol. The molecule has 110 valence electrons. The van der Waals surface area contributed by atoms with Crippen molar-refractivity contribution in [2.45, 2.75) is 19.9 Å². The van der Waals surface area contributed by atoms with Crippen molar-refractivity contribution in [3.05, 3.63) is 65.0 Å². The highest BCUT2D eigenvalue weighted by atomic mass is 19.1. The Bertz CT molecular complexity index is 640. The molecule has 1 amide bonds. The van der Waals surface area contributed by atoms with Crippen LogP contribution in [-0.2, 0) is 17.8 Å². The predicted octanol–water partition coefficient (Wildman–Crippen LogP) is 3.00. The molecule has 0 radical (unpaired) electrons. The Morgan fingerprint density at radius 2 is 2.00 bits per heavy atom. The number of halogens is 1. The highest BCUT2D eigenvalue weighted by molar-refractivity contribution is 5.78. The fourth-order valence-corrected chi connectivity index (χ4v) is 1.98. The molecule has 0 aliphatic carbocycles. The van der Waals surface area contributed by atoms with Gasteiger partial charge in [-0.1, -0.05) is 24.3 Å². The molecule has 0 saturated carbocycles. The normalized spacial score (nSPS) is 10.2. The summed E-state index contributed by atoms with van der Waals surface area (Å²) in [5.41, 5.74) is 2.22. The maximum absolute atomic E-state index is 13.4. The Morgan fingerprint density at radius 3 is 2.71 bits per heavy atom. The van der Waals surface area contributed by atoms with Crippen LogP contribution in [0.25, 0.3) is 0 Å². The summed E-state index contributed by atoms with van der Waals surface area (Å²) < 4.78 is 18.5. The van der Waals surface area contributed by atoms with Crippen molar-refractivity contribution in [2.24, 2.45) is 0 Å². The molecule has 0 bridgehead atoms. The van der Waals surface area contributed by atoms with Gasteiger partial charge in [0, 0.05) is 6.54 Å². The van der Waals surface area contributed by atoms with Gasteiger partial charge in [0.15, 0.2) is 0 Å². The predicted molar refractivity (Wildman–Crippen MR) is 79.7 cm³/mol. The molecule has 4 heteroatoms. The number of benzene rings is 2. The number of hydrogen-bond donors (Lipinski definition) is 1. The van der Waals surface area contributed by atoms with Gasteiger partial charge in [0.05, 0.1) is 13.5 Å². The minimum atomic E-state index is -0.255. The lowest BCUT2D eigenvalue weighted by molar-refractivity contribution is -0.120. The summed E-state index contributed by atoms with van der Waals surface area (Å²) in [5.74, 6) is 0.361. The van der Waals surface area contributed by atoms with Crippen LogP contribution in [0.3, 0.4) is 0 Å². The van der Waals surface area contributed by atoms with Crippen molar-refractivity contribution < 1.29 is 13.9 Å². The number of carbonyl (C=O) groups excluding carboxylic acids is 1. The van der Waals surface area contributed by atoms with Crippen LogP contribution in [-0.4, -0.2) is 13.0 Å². The van der Waals surface area contributed by atoms with Gasteiger partial charge >= 0.3 is 0 Å². The molecule has 3 nitrogen and oxygen atoms in total. The average molecular weight is 287 g/mol. The Kier molecular flexibility index (Phi) is 4.93. The lowest BCUT2D eigenvalue weighted by Gasteiger charge is -2.07. The summed E-state index contributed by atoms with van der Waals surface area (Å²) in [5, 5.41) is 2.79. The molecule has 2 aromatic carbocycles. The van der Waals surface area contributed by atoms with Gasteiger partial charge in [-0.3, -0.25) is 4.79 Å². The molecule has 0 aromatic heterocycles. The third kappa shape index (κ3) is 4.31. The standard InChI is InChI=1S/C17H18FNO2/c1-12-6-7-14(9-16(12)18)11-19-17(20)10-13-4-3-5-15(8-13)21-2/h3-9H,10-11H2,1-2H3,(H,19,20). The molecule has 0 spiro atoms. The van der Waals surface area contributed by atoms with Gasteiger partial charge in [-0.05, 0) is 41.8 Å². The first-order valence-electron chi connectivity index (χ1n) is 6.73. The van der Waals surface area contributed by atoms with Crippen molar-refractivity contribution >= 4 is 5.91 Å². The molecule has 0 atom stereocenters. The Hall–Kier alpha value is -2.36. The summed E-state index contributed by atoms with van der Waals surface area (Å²) in [6, 6.07) is 12.3. The number of amides is 1. The third-order valence-corrected chi connectivity index (χ3v) is 3.22. The van der Waals surface area contributed by atoms with E-state index in [1.807, 2.05) is 30.3 Å². The SMILES string of the molecule is COc1cccc(CC(=O)NCc2ccc(C)c(F)c2)c1. The Morgan fingerprint density at radius 1 is 1.19 bits per heavy atom. The molecule has 1 N–H and O–H groups in total. The van der Waals surface area contributed by atoms with Gasteiger partial charge in [0.2, 0.25) is 5.91 Å². The second-order valence-corrected chi connectivity index (χ2v) is 4.89. The van der Waals surface area contributed by atoms with E-state index in [0.29, 0.717) is 12.1 Å². The van der Waals surface area contributed by atoms with Gasteiger partial charge in [0.1, 0.15) is 11.6 Å². The first-order chi connectivity index (χ1) is 10.1. The molecule has 21 heavy (non-hydrogen) atoms. The number of carbonyl (C=O) groups is 1. The summed E-state index contributed by atoms with van der Waals surface area (Å²) in [7, 11) is 1.59. The van der Waals surface area contributed by atoms with Gasteiger partial charge in [-0.2, -0.15) is 0 Å². The smallest absolute Gasteiger partial charge is 0.224 e. The summed E-state index contributed by atoms with van der Waals surface area (Å²) in [4.78, 5) is 11.9. The van der Waals surface area contributed by atoms with Crippen LogP contribution < -0.4 is 10.1 Å². The van der Waals surface area contributed by atoms with Crippen molar-refractivity contribution in [3.63, 3.8) is 0 Å². The third-order valence-electron chi connectivity index (χ3n) is 3.22. The number of aryl methyl sites for hydroxylation is 1. The van der Waals surface area contributed by atoms with Gasteiger partial charge in [-0.15, -0.1) is 0 Å². The first kappa shape index (κ1) is 15.0. The molecule has 0 aliphatic rings. The first-order valence-corrected chi connectivity index (χ1v) is 6.73. The molecular formula is C17H18FNO2. The highest BCUT2D eigenvalue weighted by Crippen LogP contribution is 2.13. The van der Waals surface area contributed by atoms with Crippen LogP contribution in [0.4, 0.5) is 4.39 Å². The quantitative estimate of drug-likeness (QED) is 0.918. The maximum Gasteiger partial charge on any atom is 0.224 e. The summed E-state index contributed by atoms with van der Waals surface area (Å²) in [6.07, 6.45) is 0.269. The van der Waals surface area contributed by atoms with E-state index in [4.69, 9.17) is 4.74 Å². The Labute approximate surface area is 123 Å². The summed E-state index contributed by atoms with van der Waals surface area (Å²) in [6.45, 7) is 2.03. The largest absolute Gasteiger partial charge is 0.497 e. The van der Waals surface area contributed by atoms with Gasteiger partial charge < -0.3 is 10.1 Å². The fraction of sp³-hybridized carbons (Fsp3) is 0.235. The van der Waals surface area contributed by atoms with E-state index >= 15 is 0 Å². The zero-order valence-corrected chi connectivity index (χ0v) is 12.2. The van der Waals surface area contributed by atoms with Crippen LogP contribution in [0.15, 0.2) is 42.5 Å². The Balaban J connectivity index is 1.90. The molecule has 0 fully saturated rings. The van der Waals surface area contributed by atoms with Gasteiger partial charge in [-0.25, -0.2) is 4.39 Å². The average Bonchev–Trinajstić information content (AvgIpc) is 2.48. The lowest BCUT2D eigenvalue weighted by Crippen LogP contribution is -2.24. The summed E-state index contributed by atoms with van der Waals surface area (Å²) >= 11 is 0. The second kappa shape index (κ2) is 6.88. The molecule has 2 rings (SSSR count). The van der Waals surface area contributed by atoms with E-state index in [9.17, 15) is 9.18 Å². The molecule has 0 unspecified atom stereocenters. The topological polar surface area (TPSA) is 38.3 Å². The molecule has 0 heterocycles. The van der Waals surface area contributed by atoms with Crippen LogP contribution in [0, 0.1) is 12.7 Å². The zero-order chi connectivity index (χ0) is 15.2. The van der Waals surface area contributed by atoms with E-state index in [0.717, 1.165) is 16.9 Å². The molecule has 0 saturated heterocycles. The lowest BCUT2D eigenvalue weighted by atomic mass is 10.1. The van der Waals surface area contributed by atoms with E-state index < -0.39 is 0 Å². The number of methoxy groups -OCH3 is 1. The van der Waals surface area contributed by atoms with Crippen molar-refractivity contribution in [3.8, 4) is 5.75 Å². The van der Waals surface area contributed by atoms with Crippen LogP contribution >= 0.6 is 0 Å². The second-order valence-electron chi connectivity index (χ2n) is 4.89. The zero-order valence-electron chi connectivity index (χ0n) is 12.2. The van der Waals surface area contributed by atoms with Crippen molar-refractivity contribution in [2.75, 3.05) is 7.11 Å². The minimum absolute atomic E-state index is 0.107. The van der Waals surface area contributed by atoms with Gasteiger partial charge in [0.25, 0.3) is 0 Å². The number of nitrogens with one attached hydrogen (secondary N) is 1. The van der Waals surface area contributed by atoms with Crippen LogP contribution in [0.1, 0.15) is 16.7 Å². The van der Waals surface area contributed by atoms with Crippen LogP contribution in [0.5, 0.6) is 5.75 Å². The minimum Gasteiger partial charge on any atom is -0.497 e. The maximum atomic E-state index is 13.4. The monoisotopic (exact) mass is 287 g/mol. The number of hydrogen-bond acceptors (Lipinski definition) is 2. The van der Waals surface area contributed by atoms with E-state index in [-0.39, 0.29) is 18.1 Å². The number of ether oxygens (including phenoxy) is 1. The molecule has 0 aliphatic heterocycles. The number of rotatable bonds is 5.